The van der Waals surface area contributed by atoms with Crippen LogP contribution in [0, 0.1) is 0 Å². The summed E-state index contributed by atoms with van der Waals surface area (Å²) in [5, 5.41) is 11.0. The minimum atomic E-state index is -0.924. The summed E-state index contributed by atoms with van der Waals surface area (Å²) in [6.07, 6.45) is -3.96. The van der Waals surface area contributed by atoms with Gasteiger partial charge in [0, 0.05) is 12.7 Å². The van der Waals surface area contributed by atoms with E-state index in [2.05, 4.69) is 0 Å². The Morgan fingerprint density at radius 2 is 1.76 bits per heavy atom. The molecule has 2 heterocycles. The molecule has 7 nitrogen and oxygen atoms in total. The van der Waals surface area contributed by atoms with Gasteiger partial charge in [-0.05, 0) is 17.7 Å². The zero-order valence-electron chi connectivity index (χ0n) is 16.5. The molecule has 1 N–H and O–H groups in total. The quantitative estimate of drug-likeness (QED) is 0.795. The molecule has 0 bridgehead atoms. The third-order valence-corrected chi connectivity index (χ3v) is 5.21. The summed E-state index contributed by atoms with van der Waals surface area (Å²) in [6, 6.07) is 17.2. The first-order chi connectivity index (χ1) is 14.2. The molecule has 2 aliphatic heterocycles. The second-order valence-corrected chi connectivity index (χ2v) is 7.07. The fraction of sp³-hybridized carbons (Fsp3) is 0.455. The Balaban J connectivity index is 1.45. The maximum Gasteiger partial charge on any atom is 0.186 e. The van der Waals surface area contributed by atoms with E-state index >= 15 is 0 Å². The Hall–Kier alpha value is -2.00. The molecule has 4 rings (SSSR count). The van der Waals surface area contributed by atoms with Crippen molar-refractivity contribution in [1.29, 1.82) is 0 Å². The van der Waals surface area contributed by atoms with Crippen molar-refractivity contribution in [1.82, 2.24) is 0 Å². The van der Waals surface area contributed by atoms with Gasteiger partial charge in [-0.15, -0.1) is 0 Å². The fourth-order valence-corrected chi connectivity index (χ4v) is 3.63. The Morgan fingerprint density at radius 3 is 2.45 bits per heavy atom. The summed E-state index contributed by atoms with van der Waals surface area (Å²) in [5.41, 5.74) is 1.84. The third-order valence-electron chi connectivity index (χ3n) is 5.21. The van der Waals surface area contributed by atoms with E-state index in [1.54, 1.807) is 7.11 Å². The van der Waals surface area contributed by atoms with Crippen molar-refractivity contribution in [2.45, 2.75) is 43.6 Å². The molecular formula is C22H26O7. The van der Waals surface area contributed by atoms with Crippen molar-refractivity contribution in [3.8, 4) is 5.75 Å². The number of hydrogen-bond donors (Lipinski definition) is 1. The van der Waals surface area contributed by atoms with Crippen molar-refractivity contribution >= 4 is 0 Å². The molecule has 0 aromatic heterocycles. The van der Waals surface area contributed by atoms with Crippen LogP contribution in [0.5, 0.6) is 5.75 Å². The summed E-state index contributed by atoms with van der Waals surface area (Å²) < 4.78 is 34.4. The van der Waals surface area contributed by atoms with Gasteiger partial charge in [0.1, 0.15) is 30.2 Å². The Kier molecular flexibility index (Phi) is 6.44. The molecule has 156 valence electrons. The highest BCUT2D eigenvalue weighted by Crippen LogP contribution is 2.35. The van der Waals surface area contributed by atoms with Gasteiger partial charge in [0.2, 0.25) is 0 Å². The average Bonchev–Trinajstić information content (AvgIpc) is 2.79. The van der Waals surface area contributed by atoms with E-state index in [1.807, 2.05) is 54.6 Å². The predicted molar refractivity (Wildman–Crippen MR) is 103 cm³/mol. The number of aliphatic hydroxyl groups is 1. The molecule has 0 spiro atoms. The van der Waals surface area contributed by atoms with E-state index in [4.69, 9.17) is 28.4 Å². The van der Waals surface area contributed by atoms with Gasteiger partial charge < -0.3 is 33.5 Å². The standard InChI is InChI=1S/C22H26O7/c1-24-16-10-8-15(9-11-16)21-27-13-17-19(29-21)18(23)20(22(25-2)28-17)26-12-14-6-4-3-5-7-14/h3-11,17-23H,12-13H2,1-2H3/t17-,18-,19+,20+,21+,22-/m0/s1. The number of hydrogen-bond acceptors (Lipinski definition) is 7. The first-order valence-electron chi connectivity index (χ1n) is 9.62. The van der Waals surface area contributed by atoms with Crippen LogP contribution in [0.2, 0.25) is 0 Å². The van der Waals surface area contributed by atoms with E-state index in [9.17, 15) is 5.11 Å². The van der Waals surface area contributed by atoms with Crippen molar-refractivity contribution in [3.63, 3.8) is 0 Å². The molecule has 2 aliphatic rings. The van der Waals surface area contributed by atoms with Crippen LogP contribution < -0.4 is 4.74 Å². The summed E-state index contributed by atoms with van der Waals surface area (Å²) >= 11 is 0. The second kappa shape index (κ2) is 9.21. The van der Waals surface area contributed by atoms with Crippen LogP contribution in [-0.4, -0.2) is 56.6 Å². The van der Waals surface area contributed by atoms with Gasteiger partial charge in [-0.3, -0.25) is 0 Å². The molecule has 0 amide bonds. The van der Waals surface area contributed by atoms with E-state index in [0.717, 1.165) is 16.9 Å². The van der Waals surface area contributed by atoms with Crippen LogP contribution in [0.3, 0.4) is 0 Å². The molecule has 0 unspecified atom stereocenters. The monoisotopic (exact) mass is 402 g/mol. The predicted octanol–water partition coefficient (Wildman–Crippen LogP) is 2.43. The number of ether oxygens (including phenoxy) is 6. The average molecular weight is 402 g/mol. The highest BCUT2D eigenvalue weighted by molar-refractivity contribution is 5.28. The van der Waals surface area contributed by atoms with Crippen LogP contribution in [0.15, 0.2) is 54.6 Å². The Morgan fingerprint density at radius 1 is 1.00 bits per heavy atom. The van der Waals surface area contributed by atoms with E-state index in [1.165, 1.54) is 7.11 Å². The molecule has 0 radical (unpaired) electrons. The molecule has 2 fully saturated rings. The normalized spacial score (nSPS) is 31.8. The van der Waals surface area contributed by atoms with E-state index < -0.39 is 37.0 Å². The topological polar surface area (TPSA) is 75.6 Å². The molecule has 7 heteroatoms. The zero-order valence-corrected chi connectivity index (χ0v) is 16.5. The fourth-order valence-electron chi connectivity index (χ4n) is 3.63. The lowest BCUT2D eigenvalue weighted by atomic mass is 9.97. The van der Waals surface area contributed by atoms with Crippen molar-refractivity contribution in [2.24, 2.45) is 0 Å². The van der Waals surface area contributed by atoms with E-state index in [-0.39, 0.29) is 6.61 Å². The molecule has 2 aromatic rings. The molecular weight excluding hydrogens is 376 g/mol. The van der Waals surface area contributed by atoms with Crippen LogP contribution in [0.4, 0.5) is 0 Å². The first kappa shape index (κ1) is 20.3. The Bertz CT molecular complexity index is 766. The molecule has 0 aliphatic carbocycles. The summed E-state index contributed by atoms with van der Waals surface area (Å²) in [4.78, 5) is 0. The SMILES string of the molecule is COc1ccc([C@@H]2OC[C@@H]3O[C@H](OC)[C@H](OCc4ccccc4)[C@@H](O)[C@@H]3O2)cc1. The Labute approximate surface area is 170 Å². The number of rotatable bonds is 6. The second-order valence-electron chi connectivity index (χ2n) is 7.07. The van der Waals surface area contributed by atoms with E-state index in [0.29, 0.717) is 6.61 Å². The van der Waals surface area contributed by atoms with Gasteiger partial charge in [0.15, 0.2) is 12.6 Å². The van der Waals surface area contributed by atoms with Gasteiger partial charge in [0.05, 0.1) is 20.3 Å². The number of fused-ring (bicyclic) bond motifs is 1. The molecule has 29 heavy (non-hydrogen) atoms. The lowest BCUT2D eigenvalue weighted by molar-refractivity contribution is -0.363. The summed E-state index contributed by atoms with van der Waals surface area (Å²) in [5.74, 6) is 0.751. The van der Waals surface area contributed by atoms with Gasteiger partial charge in [-0.25, -0.2) is 0 Å². The smallest absolute Gasteiger partial charge is 0.186 e. The maximum absolute atomic E-state index is 11.0. The minimum Gasteiger partial charge on any atom is -0.497 e. The number of aliphatic hydroxyl groups excluding tert-OH is 1. The first-order valence-corrected chi connectivity index (χ1v) is 9.62. The van der Waals surface area contributed by atoms with Crippen molar-refractivity contribution in [3.05, 3.63) is 65.7 Å². The van der Waals surface area contributed by atoms with Crippen LogP contribution in [0.1, 0.15) is 17.4 Å². The number of benzene rings is 2. The zero-order chi connectivity index (χ0) is 20.2. The highest BCUT2D eigenvalue weighted by Gasteiger charge is 2.50. The van der Waals surface area contributed by atoms with Crippen LogP contribution >= 0.6 is 0 Å². The van der Waals surface area contributed by atoms with Crippen molar-refractivity contribution in [2.75, 3.05) is 20.8 Å². The maximum atomic E-state index is 11.0. The molecule has 6 atom stereocenters. The highest BCUT2D eigenvalue weighted by atomic mass is 16.8. The third kappa shape index (κ3) is 4.45. The largest absolute Gasteiger partial charge is 0.497 e. The molecule has 2 aromatic carbocycles. The van der Waals surface area contributed by atoms with Gasteiger partial charge in [-0.2, -0.15) is 0 Å². The minimum absolute atomic E-state index is 0.281. The molecule has 2 saturated heterocycles. The van der Waals surface area contributed by atoms with Crippen LogP contribution in [-0.2, 0) is 30.3 Å². The summed E-state index contributed by atoms with van der Waals surface area (Å²) in [6.45, 7) is 0.616. The lowest BCUT2D eigenvalue weighted by Gasteiger charge is -2.47. The van der Waals surface area contributed by atoms with Gasteiger partial charge >= 0.3 is 0 Å². The van der Waals surface area contributed by atoms with Crippen molar-refractivity contribution < 1.29 is 33.5 Å². The van der Waals surface area contributed by atoms with Crippen LogP contribution in [0.25, 0.3) is 0 Å². The number of methoxy groups -OCH3 is 2. The van der Waals surface area contributed by atoms with Gasteiger partial charge in [-0.1, -0.05) is 42.5 Å². The van der Waals surface area contributed by atoms with Gasteiger partial charge in [0.25, 0.3) is 0 Å². The lowest BCUT2D eigenvalue weighted by Crippen LogP contribution is -2.62. The summed E-state index contributed by atoms with van der Waals surface area (Å²) in [7, 11) is 3.14. The molecule has 0 saturated carbocycles.